The average molecular weight is 320 g/mol. The van der Waals surface area contributed by atoms with Gasteiger partial charge >= 0.3 is 5.97 Å². The minimum Gasteiger partial charge on any atom is -0.478 e. The Balaban J connectivity index is 2.27. The molecule has 0 saturated carbocycles. The van der Waals surface area contributed by atoms with E-state index in [-0.39, 0.29) is 5.56 Å². The van der Waals surface area contributed by atoms with Gasteiger partial charge in [0.05, 0.1) is 22.5 Å². The summed E-state index contributed by atoms with van der Waals surface area (Å²) < 4.78 is 0. The van der Waals surface area contributed by atoms with Gasteiger partial charge in [-0.3, -0.25) is 0 Å². The number of anilines is 1. The van der Waals surface area contributed by atoms with E-state index in [4.69, 9.17) is 4.98 Å². The van der Waals surface area contributed by atoms with Crippen LogP contribution in [0.1, 0.15) is 24.2 Å². The average Bonchev–Trinajstić information content (AvgIpc) is 2.60. The normalized spacial score (nSPS) is 11.0. The summed E-state index contributed by atoms with van der Waals surface area (Å²) in [5.74, 6) is -0.928. The second kappa shape index (κ2) is 6.32. The van der Waals surface area contributed by atoms with Crippen LogP contribution < -0.4 is 4.90 Å². The van der Waals surface area contributed by atoms with Crippen LogP contribution in [0.5, 0.6) is 0 Å². The molecule has 0 spiro atoms. The largest absolute Gasteiger partial charge is 0.478 e. The number of hydrogen-bond donors (Lipinski definition) is 1. The highest BCUT2D eigenvalue weighted by Crippen LogP contribution is 2.33. The fourth-order valence-electron chi connectivity index (χ4n) is 2.65. The van der Waals surface area contributed by atoms with E-state index in [2.05, 4.69) is 18.7 Å². The first-order valence-electron chi connectivity index (χ1n) is 7.93. The zero-order valence-electron chi connectivity index (χ0n) is 14.0. The molecule has 0 amide bonds. The van der Waals surface area contributed by atoms with Crippen molar-refractivity contribution in [3.05, 3.63) is 60.2 Å². The molecule has 3 aromatic rings. The number of aromatic carboxylic acids is 1. The Morgan fingerprint density at radius 3 is 2.42 bits per heavy atom. The molecule has 1 heterocycles. The zero-order valence-corrected chi connectivity index (χ0v) is 14.0. The third kappa shape index (κ3) is 2.95. The number of carbonyl (C=O) groups is 1. The van der Waals surface area contributed by atoms with Gasteiger partial charge in [-0.15, -0.1) is 0 Å². The maximum atomic E-state index is 11.2. The summed E-state index contributed by atoms with van der Waals surface area (Å²) in [5, 5.41) is 10.0. The van der Waals surface area contributed by atoms with Crippen LogP contribution in [0.3, 0.4) is 0 Å². The van der Waals surface area contributed by atoms with E-state index in [1.807, 2.05) is 43.4 Å². The summed E-state index contributed by atoms with van der Waals surface area (Å²) in [6, 6.07) is 17.4. The van der Waals surface area contributed by atoms with Gasteiger partial charge in [0, 0.05) is 24.0 Å². The summed E-state index contributed by atoms with van der Waals surface area (Å²) in [6.45, 7) is 4.24. The van der Waals surface area contributed by atoms with Crippen LogP contribution in [0.4, 0.5) is 5.69 Å². The molecule has 0 aliphatic rings. The molecule has 24 heavy (non-hydrogen) atoms. The van der Waals surface area contributed by atoms with Gasteiger partial charge in [0.2, 0.25) is 0 Å². The smallest absolute Gasteiger partial charge is 0.335 e. The third-order valence-corrected chi connectivity index (χ3v) is 4.24. The molecule has 1 aromatic heterocycles. The van der Waals surface area contributed by atoms with Crippen molar-refractivity contribution in [2.45, 2.75) is 19.9 Å². The van der Waals surface area contributed by atoms with E-state index < -0.39 is 5.97 Å². The van der Waals surface area contributed by atoms with Crippen LogP contribution in [0, 0.1) is 0 Å². The van der Waals surface area contributed by atoms with Crippen molar-refractivity contribution in [3.63, 3.8) is 0 Å². The maximum absolute atomic E-state index is 11.2. The van der Waals surface area contributed by atoms with Crippen LogP contribution >= 0.6 is 0 Å². The monoisotopic (exact) mass is 320 g/mol. The van der Waals surface area contributed by atoms with E-state index in [1.165, 1.54) is 0 Å². The lowest BCUT2D eigenvalue weighted by molar-refractivity contribution is 0.0697. The number of pyridine rings is 1. The summed E-state index contributed by atoms with van der Waals surface area (Å²) in [4.78, 5) is 18.2. The highest BCUT2D eigenvalue weighted by molar-refractivity contribution is 5.96. The Bertz CT molecular complexity index is 889. The lowest BCUT2D eigenvalue weighted by atomic mass is 10.0. The molecule has 0 atom stereocenters. The predicted octanol–water partition coefficient (Wildman–Crippen LogP) is 4.44. The molecular weight excluding hydrogens is 300 g/mol. The number of carboxylic acid groups (broad SMARTS) is 1. The molecule has 0 aliphatic carbocycles. The lowest BCUT2D eigenvalue weighted by Gasteiger charge is -2.26. The summed E-state index contributed by atoms with van der Waals surface area (Å²) >= 11 is 0. The van der Waals surface area contributed by atoms with Gasteiger partial charge in [0.1, 0.15) is 0 Å². The summed E-state index contributed by atoms with van der Waals surface area (Å²) in [5.41, 5.74) is 4.01. The topological polar surface area (TPSA) is 53.4 Å². The van der Waals surface area contributed by atoms with E-state index in [1.54, 1.807) is 18.2 Å². The predicted molar refractivity (Wildman–Crippen MR) is 97.7 cm³/mol. The molecule has 0 unspecified atom stereocenters. The minimum atomic E-state index is -0.928. The van der Waals surface area contributed by atoms with Gasteiger partial charge in [-0.1, -0.05) is 30.3 Å². The zero-order chi connectivity index (χ0) is 17.3. The Labute approximate surface area is 141 Å². The number of carboxylic acids is 1. The number of rotatable bonds is 4. The van der Waals surface area contributed by atoms with E-state index in [9.17, 15) is 9.90 Å². The highest BCUT2D eigenvalue weighted by Gasteiger charge is 2.15. The van der Waals surface area contributed by atoms with Crippen molar-refractivity contribution in [1.29, 1.82) is 0 Å². The number of nitrogens with zero attached hydrogens (tertiary/aromatic N) is 2. The third-order valence-electron chi connectivity index (χ3n) is 4.24. The molecule has 0 saturated heterocycles. The van der Waals surface area contributed by atoms with Crippen LogP contribution in [0.15, 0.2) is 54.6 Å². The van der Waals surface area contributed by atoms with Crippen molar-refractivity contribution in [2.24, 2.45) is 0 Å². The Morgan fingerprint density at radius 2 is 1.79 bits per heavy atom. The summed E-state index contributed by atoms with van der Waals surface area (Å²) in [7, 11) is 2.03. The van der Waals surface area contributed by atoms with Crippen LogP contribution in [-0.2, 0) is 0 Å². The van der Waals surface area contributed by atoms with Gasteiger partial charge in [0.15, 0.2) is 0 Å². The molecule has 0 radical (unpaired) electrons. The van der Waals surface area contributed by atoms with Gasteiger partial charge in [0.25, 0.3) is 0 Å². The number of hydrogen-bond acceptors (Lipinski definition) is 3. The first-order valence-corrected chi connectivity index (χ1v) is 7.93. The Hall–Kier alpha value is -2.88. The fourth-order valence-corrected chi connectivity index (χ4v) is 2.65. The summed E-state index contributed by atoms with van der Waals surface area (Å²) in [6.07, 6.45) is 0. The van der Waals surface area contributed by atoms with E-state index in [0.717, 1.165) is 27.8 Å². The van der Waals surface area contributed by atoms with Gasteiger partial charge in [-0.25, -0.2) is 9.78 Å². The molecule has 4 nitrogen and oxygen atoms in total. The van der Waals surface area contributed by atoms with Crippen molar-refractivity contribution in [2.75, 3.05) is 11.9 Å². The SMILES string of the molecule is CC(C)N(C)c1cc2cc(C(=O)O)ccc2nc1-c1ccccc1. The van der Waals surface area contributed by atoms with Crippen LogP contribution in [0.2, 0.25) is 0 Å². The number of fused-ring (bicyclic) bond motifs is 1. The molecule has 0 fully saturated rings. The molecule has 3 rings (SSSR count). The minimum absolute atomic E-state index is 0.273. The number of benzene rings is 2. The highest BCUT2D eigenvalue weighted by atomic mass is 16.4. The first kappa shape index (κ1) is 16.0. The fraction of sp³-hybridized carbons (Fsp3) is 0.200. The molecule has 0 aliphatic heterocycles. The first-order chi connectivity index (χ1) is 11.5. The number of aromatic nitrogens is 1. The van der Waals surface area contributed by atoms with Gasteiger partial charge in [-0.05, 0) is 38.1 Å². The van der Waals surface area contributed by atoms with Crippen molar-refractivity contribution in [3.8, 4) is 11.3 Å². The van der Waals surface area contributed by atoms with Crippen LogP contribution in [-0.4, -0.2) is 29.1 Å². The van der Waals surface area contributed by atoms with Gasteiger partial charge < -0.3 is 10.0 Å². The second-order valence-corrected chi connectivity index (χ2v) is 6.14. The quantitative estimate of drug-likeness (QED) is 0.772. The maximum Gasteiger partial charge on any atom is 0.335 e. The molecule has 122 valence electrons. The Kier molecular flexibility index (Phi) is 4.21. The van der Waals surface area contributed by atoms with Crippen molar-refractivity contribution in [1.82, 2.24) is 4.98 Å². The van der Waals surface area contributed by atoms with Gasteiger partial charge in [-0.2, -0.15) is 0 Å². The molecule has 2 aromatic carbocycles. The van der Waals surface area contributed by atoms with E-state index in [0.29, 0.717) is 6.04 Å². The molecule has 0 bridgehead atoms. The van der Waals surface area contributed by atoms with E-state index >= 15 is 0 Å². The molecular formula is C20H20N2O2. The van der Waals surface area contributed by atoms with Crippen LogP contribution in [0.25, 0.3) is 22.2 Å². The standard InChI is InChI=1S/C20H20N2O2/c1-13(2)22(3)18-12-16-11-15(20(23)24)9-10-17(16)21-19(18)14-7-5-4-6-8-14/h4-13H,1-3H3,(H,23,24). The molecule has 1 N–H and O–H groups in total. The Morgan fingerprint density at radius 1 is 1.08 bits per heavy atom. The van der Waals surface area contributed by atoms with Crippen molar-refractivity contribution >= 4 is 22.6 Å². The lowest BCUT2D eigenvalue weighted by Crippen LogP contribution is -2.26. The molecule has 4 heteroatoms. The van der Waals surface area contributed by atoms with Crippen molar-refractivity contribution < 1.29 is 9.90 Å². The second-order valence-electron chi connectivity index (χ2n) is 6.14.